The van der Waals surface area contributed by atoms with Gasteiger partial charge in [0, 0.05) is 12.6 Å². The molecule has 0 heterocycles. The van der Waals surface area contributed by atoms with Gasteiger partial charge in [-0.3, -0.25) is 9.59 Å². The van der Waals surface area contributed by atoms with Gasteiger partial charge in [-0.15, -0.1) is 0 Å². The Morgan fingerprint density at radius 3 is 2.58 bits per heavy atom. The summed E-state index contributed by atoms with van der Waals surface area (Å²) in [6.07, 6.45) is 0.796. The van der Waals surface area contributed by atoms with Crippen LogP contribution in [0.5, 0.6) is 5.75 Å². The zero-order chi connectivity index (χ0) is 17.5. The topological polar surface area (TPSA) is 77.0 Å². The molecule has 2 aromatic carbocycles. The van der Waals surface area contributed by atoms with Crippen molar-refractivity contribution in [1.82, 2.24) is 5.32 Å². The molecule has 0 saturated heterocycles. The van der Waals surface area contributed by atoms with Crippen molar-refractivity contribution in [2.75, 3.05) is 14.2 Å². The Balaban J connectivity index is 2.39. The first kappa shape index (κ1) is 17.2. The summed E-state index contributed by atoms with van der Waals surface area (Å²) >= 11 is 0. The van der Waals surface area contributed by atoms with E-state index in [1.807, 2.05) is 31.2 Å². The number of aldehydes is 1. The van der Waals surface area contributed by atoms with Crippen LogP contribution in [-0.4, -0.2) is 32.2 Å². The maximum absolute atomic E-state index is 11.8. The minimum atomic E-state index is -0.496. The van der Waals surface area contributed by atoms with Gasteiger partial charge in [0.15, 0.2) is 0 Å². The van der Waals surface area contributed by atoms with Crippen molar-refractivity contribution in [3.8, 4) is 16.9 Å². The highest BCUT2D eigenvalue weighted by molar-refractivity contribution is 6.35. The summed E-state index contributed by atoms with van der Waals surface area (Å²) < 4.78 is 5.60. The lowest BCUT2D eigenvalue weighted by Crippen LogP contribution is -2.32. The minimum Gasteiger partial charge on any atom is -0.432 e. The second-order valence-corrected chi connectivity index (χ2v) is 4.98. The van der Waals surface area contributed by atoms with Gasteiger partial charge in [-0.2, -0.15) is 0 Å². The molecule has 0 bridgehead atoms. The first-order valence-corrected chi connectivity index (χ1v) is 7.26. The zero-order valence-corrected chi connectivity index (χ0v) is 13.7. The van der Waals surface area contributed by atoms with E-state index in [1.165, 1.54) is 14.2 Å². The van der Waals surface area contributed by atoms with Crippen LogP contribution < -0.4 is 10.1 Å². The molecule has 1 N–H and O–H groups in total. The summed E-state index contributed by atoms with van der Waals surface area (Å²) in [6, 6.07) is 12.8. The molecule has 6 heteroatoms. The lowest BCUT2D eigenvalue weighted by atomic mass is 10.0. The van der Waals surface area contributed by atoms with E-state index < -0.39 is 5.91 Å². The van der Waals surface area contributed by atoms with Crippen molar-refractivity contribution in [3.63, 3.8) is 0 Å². The van der Waals surface area contributed by atoms with Crippen molar-refractivity contribution in [2.24, 2.45) is 5.16 Å². The Bertz CT molecular complexity index is 784. The number of benzene rings is 2. The van der Waals surface area contributed by atoms with Gasteiger partial charge < -0.3 is 14.9 Å². The van der Waals surface area contributed by atoms with Crippen LogP contribution >= 0.6 is 0 Å². The summed E-state index contributed by atoms with van der Waals surface area (Å²) in [5.74, 6) is -0.213. The Kier molecular flexibility index (Phi) is 5.68. The fourth-order valence-corrected chi connectivity index (χ4v) is 2.08. The Labute approximate surface area is 140 Å². The van der Waals surface area contributed by atoms with E-state index in [-0.39, 0.29) is 5.90 Å². The molecule has 2 aromatic rings. The van der Waals surface area contributed by atoms with Gasteiger partial charge in [-0.25, -0.2) is 0 Å². The highest BCUT2D eigenvalue weighted by Crippen LogP contribution is 2.27. The van der Waals surface area contributed by atoms with E-state index in [1.54, 1.807) is 18.2 Å². The summed E-state index contributed by atoms with van der Waals surface area (Å²) in [5, 5.41) is 6.03. The molecular formula is C18H18N2O4. The average Bonchev–Trinajstić information content (AvgIpc) is 2.62. The molecule has 2 rings (SSSR count). The molecule has 124 valence electrons. The first-order chi connectivity index (χ1) is 11.6. The Morgan fingerprint density at radius 1 is 1.17 bits per heavy atom. The van der Waals surface area contributed by atoms with Gasteiger partial charge in [0.2, 0.25) is 0 Å². The molecule has 0 aliphatic heterocycles. The summed E-state index contributed by atoms with van der Waals surface area (Å²) in [6.45, 7) is 1.86. The van der Waals surface area contributed by atoms with Gasteiger partial charge in [0.1, 0.15) is 19.1 Å². The number of oxime groups is 1. The maximum atomic E-state index is 11.8. The van der Waals surface area contributed by atoms with E-state index in [9.17, 15) is 9.59 Å². The molecule has 0 radical (unpaired) electrons. The molecule has 0 saturated carbocycles. The van der Waals surface area contributed by atoms with E-state index in [2.05, 4.69) is 15.3 Å². The number of hydrogen-bond donors (Lipinski definition) is 1. The normalized spacial score (nSPS) is 10.9. The van der Waals surface area contributed by atoms with E-state index in [0.29, 0.717) is 11.3 Å². The number of likely N-dealkylation sites (N-methyl/N-ethyl adjacent to an activating group) is 1. The molecule has 1 amide bonds. The van der Waals surface area contributed by atoms with Crippen molar-refractivity contribution in [1.29, 1.82) is 0 Å². The van der Waals surface area contributed by atoms with Gasteiger partial charge in [0.25, 0.3) is 0 Å². The molecule has 0 atom stereocenters. The lowest BCUT2D eigenvalue weighted by molar-refractivity contribution is -0.115. The molecular weight excluding hydrogens is 308 g/mol. The first-order valence-electron chi connectivity index (χ1n) is 7.26. The molecule has 0 unspecified atom stereocenters. The second kappa shape index (κ2) is 7.92. The number of ether oxygens (including phenoxy) is 1. The predicted octanol–water partition coefficient (Wildman–Crippen LogP) is 2.56. The maximum Gasteiger partial charge on any atom is 0.321 e. The molecule has 6 nitrogen and oxygen atoms in total. The van der Waals surface area contributed by atoms with Crippen LogP contribution in [0, 0.1) is 6.92 Å². The van der Waals surface area contributed by atoms with Crippen LogP contribution in [0.1, 0.15) is 15.9 Å². The monoisotopic (exact) mass is 326 g/mol. The molecule has 0 aromatic heterocycles. The average molecular weight is 326 g/mol. The van der Waals surface area contributed by atoms with Crippen molar-refractivity contribution in [2.45, 2.75) is 6.92 Å². The fraction of sp³-hybridized carbons (Fsp3) is 0.167. The number of nitrogens with one attached hydrogen (secondary N) is 1. The second-order valence-electron chi connectivity index (χ2n) is 4.98. The predicted molar refractivity (Wildman–Crippen MR) is 91.1 cm³/mol. The Hall–Kier alpha value is -3.15. The molecule has 0 aliphatic rings. The van der Waals surface area contributed by atoms with Gasteiger partial charge in [-0.1, -0.05) is 30.3 Å². The SMILES string of the molecule is CNC(=O)C(=NOC)Oc1cc(-c2cccc(C=O)c2)ccc1C. The van der Waals surface area contributed by atoms with Gasteiger partial charge in [0.05, 0.1) is 0 Å². The van der Waals surface area contributed by atoms with Crippen LogP contribution in [0.3, 0.4) is 0 Å². The highest BCUT2D eigenvalue weighted by atomic mass is 16.6. The summed E-state index contributed by atoms with van der Waals surface area (Å²) in [7, 11) is 2.81. The number of carbonyl (C=O) groups is 2. The standard InChI is InChI=1S/C18H18N2O4/c1-12-7-8-15(14-6-4-5-13(9-14)11-21)10-16(12)24-18(20-23-3)17(22)19-2/h4-11H,1-3H3,(H,19,22). The van der Waals surface area contributed by atoms with Gasteiger partial charge in [-0.05, 0) is 40.9 Å². The fourth-order valence-electron chi connectivity index (χ4n) is 2.08. The number of amides is 1. The van der Waals surface area contributed by atoms with Crippen molar-refractivity contribution >= 4 is 18.1 Å². The van der Waals surface area contributed by atoms with E-state index in [4.69, 9.17) is 4.74 Å². The summed E-state index contributed by atoms with van der Waals surface area (Å²) in [5.41, 5.74) is 3.14. The third-order valence-electron chi connectivity index (χ3n) is 3.35. The van der Waals surface area contributed by atoms with E-state index in [0.717, 1.165) is 23.0 Å². The third kappa shape index (κ3) is 3.98. The molecule has 24 heavy (non-hydrogen) atoms. The van der Waals surface area contributed by atoms with Gasteiger partial charge >= 0.3 is 11.8 Å². The third-order valence-corrected chi connectivity index (χ3v) is 3.35. The van der Waals surface area contributed by atoms with Crippen LogP contribution in [0.4, 0.5) is 0 Å². The largest absolute Gasteiger partial charge is 0.432 e. The lowest BCUT2D eigenvalue weighted by Gasteiger charge is -2.11. The number of carbonyl (C=O) groups excluding carboxylic acids is 2. The highest BCUT2D eigenvalue weighted by Gasteiger charge is 2.15. The number of aryl methyl sites for hydroxylation is 1. The smallest absolute Gasteiger partial charge is 0.321 e. The van der Waals surface area contributed by atoms with Crippen molar-refractivity contribution in [3.05, 3.63) is 53.6 Å². The summed E-state index contributed by atoms with van der Waals surface area (Å²) in [4.78, 5) is 27.4. The quantitative estimate of drug-likeness (QED) is 0.405. The zero-order valence-electron chi connectivity index (χ0n) is 13.7. The number of nitrogens with zero attached hydrogens (tertiary/aromatic N) is 1. The van der Waals surface area contributed by atoms with Crippen LogP contribution in [-0.2, 0) is 9.63 Å². The van der Waals surface area contributed by atoms with Crippen LogP contribution in [0.25, 0.3) is 11.1 Å². The van der Waals surface area contributed by atoms with Crippen LogP contribution in [0.15, 0.2) is 47.6 Å². The van der Waals surface area contributed by atoms with Crippen molar-refractivity contribution < 1.29 is 19.2 Å². The molecule has 0 spiro atoms. The Morgan fingerprint density at radius 2 is 1.92 bits per heavy atom. The minimum absolute atomic E-state index is 0.193. The number of hydrogen-bond acceptors (Lipinski definition) is 5. The van der Waals surface area contributed by atoms with Crippen LogP contribution in [0.2, 0.25) is 0 Å². The molecule has 0 fully saturated rings. The molecule has 0 aliphatic carbocycles. The number of rotatable bonds is 4. The van der Waals surface area contributed by atoms with E-state index >= 15 is 0 Å².